The molecule has 0 radical (unpaired) electrons. The molecule has 17 heavy (non-hydrogen) atoms. The molecule has 0 aromatic heterocycles. The largest absolute Gasteiger partial charge is 0.363 e. The van der Waals surface area contributed by atoms with Gasteiger partial charge in [-0.2, -0.15) is 0 Å². The number of ether oxygens (including phenoxy) is 1. The molecule has 1 spiro atoms. The van der Waals surface area contributed by atoms with Gasteiger partial charge in [0.1, 0.15) is 5.60 Å². The summed E-state index contributed by atoms with van der Waals surface area (Å²) in [6, 6.07) is 0. The van der Waals surface area contributed by atoms with E-state index >= 15 is 0 Å². The quantitative estimate of drug-likeness (QED) is 0.486. The highest BCUT2D eigenvalue weighted by molar-refractivity contribution is 5.21. The van der Waals surface area contributed by atoms with E-state index in [1.165, 1.54) is 44.1 Å². The minimum Gasteiger partial charge on any atom is -0.363 e. The first-order chi connectivity index (χ1) is 7.98. The van der Waals surface area contributed by atoms with E-state index in [0.717, 1.165) is 17.8 Å². The van der Waals surface area contributed by atoms with Crippen molar-refractivity contribution in [3.05, 3.63) is 12.2 Å². The molecule has 0 aromatic rings. The Labute approximate surface area is 106 Å². The molecule has 0 aromatic carbocycles. The summed E-state index contributed by atoms with van der Waals surface area (Å²) in [5, 5.41) is 0. The zero-order valence-corrected chi connectivity index (χ0v) is 11.6. The minimum atomic E-state index is 0.225. The van der Waals surface area contributed by atoms with Crippen LogP contribution in [0.15, 0.2) is 12.2 Å². The molecule has 2 saturated carbocycles. The van der Waals surface area contributed by atoms with Crippen LogP contribution in [0.5, 0.6) is 0 Å². The molecule has 96 valence electrons. The maximum atomic E-state index is 6.31. The predicted octanol–water partition coefficient (Wildman–Crippen LogP) is 4.33. The van der Waals surface area contributed by atoms with E-state index < -0.39 is 0 Å². The molecule has 1 saturated heterocycles. The van der Waals surface area contributed by atoms with Gasteiger partial charge in [-0.15, -0.1) is 0 Å². The van der Waals surface area contributed by atoms with Crippen molar-refractivity contribution in [3.8, 4) is 0 Å². The molecule has 5 atom stereocenters. The molecule has 0 amide bonds. The van der Waals surface area contributed by atoms with Crippen molar-refractivity contribution in [2.24, 2.45) is 17.8 Å². The molecule has 3 fully saturated rings. The maximum absolute atomic E-state index is 6.31. The van der Waals surface area contributed by atoms with Crippen molar-refractivity contribution in [1.82, 2.24) is 0 Å². The summed E-state index contributed by atoms with van der Waals surface area (Å²) in [5.41, 5.74) is 1.88. The van der Waals surface area contributed by atoms with E-state index in [1.54, 1.807) is 0 Å². The van der Waals surface area contributed by atoms with Gasteiger partial charge in [0.15, 0.2) is 0 Å². The number of hydrogen-bond donors (Lipinski definition) is 0. The summed E-state index contributed by atoms with van der Waals surface area (Å²) in [4.78, 5) is 0. The topological polar surface area (TPSA) is 12.5 Å². The van der Waals surface area contributed by atoms with Crippen LogP contribution in [0.2, 0.25) is 0 Å². The Hall–Kier alpha value is -0.300. The average Bonchev–Trinajstić information content (AvgIpc) is 2.68. The molecule has 1 nitrogen and oxygen atoms in total. The molecule has 1 heteroatoms. The highest BCUT2D eigenvalue weighted by atomic mass is 16.6. The van der Waals surface area contributed by atoms with E-state index in [2.05, 4.69) is 27.4 Å². The smallest absolute Gasteiger partial charge is 0.101 e. The Balaban J connectivity index is 1.87. The van der Waals surface area contributed by atoms with Crippen molar-refractivity contribution in [3.63, 3.8) is 0 Å². The van der Waals surface area contributed by atoms with Crippen molar-refractivity contribution in [1.29, 1.82) is 0 Å². The van der Waals surface area contributed by atoms with Crippen molar-refractivity contribution < 1.29 is 4.74 Å². The number of rotatable bonds is 1. The molecule has 1 aliphatic heterocycles. The fraction of sp³-hybridized carbons (Fsp3) is 0.875. The van der Waals surface area contributed by atoms with Gasteiger partial charge in [0.05, 0.1) is 5.60 Å². The lowest BCUT2D eigenvalue weighted by Crippen LogP contribution is -2.33. The summed E-state index contributed by atoms with van der Waals surface area (Å²) >= 11 is 0. The van der Waals surface area contributed by atoms with Crippen LogP contribution in [0.25, 0.3) is 0 Å². The van der Waals surface area contributed by atoms with Gasteiger partial charge in [-0.05, 0) is 70.1 Å². The highest BCUT2D eigenvalue weighted by Crippen LogP contribution is 2.66. The van der Waals surface area contributed by atoms with Gasteiger partial charge in [-0.1, -0.05) is 19.1 Å². The second-order valence-corrected chi connectivity index (χ2v) is 7.02. The van der Waals surface area contributed by atoms with Crippen LogP contribution in [-0.2, 0) is 4.74 Å². The van der Waals surface area contributed by atoms with Gasteiger partial charge in [0.2, 0.25) is 0 Å². The lowest BCUT2D eigenvalue weighted by Gasteiger charge is -2.30. The zero-order valence-electron chi connectivity index (χ0n) is 11.6. The summed E-state index contributed by atoms with van der Waals surface area (Å²) < 4.78 is 6.31. The van der Waals surface area contributed by atoms with Gasteiger partial charge < -0.3 is 4.74 Å². The molecule has 2 aliphatic carbocycles. The van der Waals surface area contributed by atoms with Crippen LogP contribution in [-0.4, -0.2) is 11.2 Å². The highest BCUT2D eigenvalue weighted by Gasteiger charge is 2.72. The summed E-state index contributed by atoms with van der Waals surface area (Å²) in [7, 11) is 0. The van der Waals surface area contributed by atoms with Crippen LogP contribution >= 0.6 is 0 Å². The van der Waals surface area contributed by atoms with Gasteiger partial charge in [-0.3, -0.25) is 0 Å². The fourth-order valence-electron chi connectivity index (χ4n) is 4.69. The predicted molar refractivity (Wildman–Crippen MR) is 70.9 cm³/mol. The van der Waals surface area contributed by atoms with Gasteiger partial charge >= 0.3 is 0 Å². The fourth-order valence-corrected chi connectivity index (χ4v) is 4.69. The van der Waals surface area contributed by atoms with Crippen molar-refractivity contribution in [2.45, 2.75) is 70.5 Å². The van der Waals surface area contributed by atoms with E-state index in [1.807, 2.05) is 0 Å². The maximum Gasteiger partial charge on any atom is 0.101 e. The summed E-state index contributed by atoms with van der Waals surface area (Å²) in [6.07, 6.45) is 7.90. The Morgan fingerprint density at radius 2 is 2.06 bits per heavy atom. The van der Waals surface area contributed by atoms with Crippen LogP contribution in [0.3, 0.4) is 0 Å². The Morgan fingerprint density at radius 3 is 2.76 bits per heavy atom. The van der Waals surface area contributed by atoms with Gasteiger partial charge in [-0.25, -0.2) is 0 Å². The second kappa shape index (κ2) is 3.60. The first-order valence-electron chi connectivity index (χ1n) is 7.34. The van der Waals surface area contributed by atoms with E-state index in [9.17, 15) is 0 Å². The molecule has 5 unspecified atom stereocenters. The van der Waals surface area contributed by atoms with E-state index in [-0.39, 0.29) is 11.2 Å². The molecule has 0 bridgehead atoms. The molecule has 0 N–H and O–H groups in total. The first-order valence-corrected chi connectivity index (χ1v) is 7.34. The lowest BCUT2D eigenvalue weighted by atomic mass is 9.71. The Kier molecular flexibility index (Phi) is 2.49. The molecule has 1 heterocycles. The Bertz CT molecular complexity index is 347. The summed E-state index contributed by atoms with van der Waals surface area (Å²) in [5.74, 6) is 2.37. The van der Waals surface area contributed by atoms with Crippen molar-refractivity contribution >= 4 is 0 Å². The number of hydrogen-bond acceptors (Lipinski definition) is 1. The Morgan fingerprint density at radius 1 is 1.29 bits per heavy atom. The van der Waals surface area contributed by atoms with Crippen LogP contribution in [0.4, 0.5) is 0 Å². The van der Waals surface area contributed by atoms with Crippen molar-refractivity contribution in [2.75, 3.05) is 0 Å². The number of epoxide rings is 1. The third-order valence-electron chi connectivity index (χ3n) is 5.96. The van der Waals surface area contributed by atoms with E-state index in [0.29, 0.717) is 0 Å². The van der Waals surface area contributed by atoms with Gasteiger partial charge in [0, 0.05) is 0 Å². The molecule has 3 rings (SSSR count). The van der Waals surface area contributed by atoms with Crippen LogP contribution in [0, 0.1) is 17.8 Å². The third-order valence-corrected chi connectivity index (χ3v) is 5.96. The molecular formula is C16H26O. The second-order valence-electron chi connectivity index (χ2n) is 7.02. The monoisotopic (exact) mass is 234 g/mol. The van der Waals surface area contributed by atoms with Gasteiger partial charge in [0.25, 0.3) is 0 Å². The van der Waals surface area contributed by atoms with Crippen LogP contribution < -0.4 is 0 Å². The minimum absolute atomic E-state index is 0.225. The summed E-state index contributed by atoms with van der Waals surface area (Å²) in [6.45, 7) is 11.2. The molecular weight excluding hydrogens is 208 g/mol. The zero-order chi connectivity index (χ0) is 12.3. The first kappa shape index (κ1) is 11.8. The number of allylic oxidation sites excluding steroid dienone is 1. The average molecular weight is 234 g/mol. The third kappa shape index (κ3) is 1.54. The van der Waals surface area contributed by atoms with E-state index in [4.69, 9.17) is 4.74 Å². The SMILES string of the molecule is C=C(C)C1CCCC2(C)OC23CCC(C)C3C1. The lowest BCUT2D eigenvalue weighted by molar-refractivity contribution is 0.195. The molecule has 3 aliphatic rings. The standard InChI is InChI=1S/C16H26O/c1-11(2)13-6-5-8-15(4)16(17-15)9-7-12(3)14(16)10-13/h12-14H,1,5-10H2,2-4H3. The van der Waals surface area contributed by atoms with Crippen LogP contribution in [0.1, 0.15) is 59.3 Å². The normalized spacial score (nSPS) is 53.2.